The third-order valence-electron chi connectivity index (χ3n) is 8.77. The van der Waals surface area contributed by atoms with Crippen molar-refractivity contribution in [1.82, 2.24) is 0 Å². The van der Waals surface area contributed by atoms with E-state index in [1.807, 2.05) is 0 Å². The fourth-order valence-corrected chi connectivity index (χ4v) is 8.12. The predicted molar refractivity (Wildman–Crippen MR) is 93.0 cm³/mol. The molecule has 4 fully saturated rings. The second kappa shape index (κ2) is 5.18. The second-order valence-corrected chi connectivity index (χ2v) is 10.6. The largest absolute Gasteiger partial charge is 0.393 e. The van der Waals surface area contributed by atoms with Gasteiger partial charge in [0.15, 0.2) is 5.79 Å². The van der Waals surface area contributed by atoms with Gasteiger partial charge in [-0.2, -0.15) is 0 Å². The zero-order valence-corrected chi connectivity index (χ0v) is 15.9. The first-order valence-electron chi connectivity index (χ1n) is 9.47. The van der Waals surface area contributed by atoms with Gasteiger partial charge in [0.2, 0.25) is 0 Å². The summed E-state index contributed by atoms with van der Waals surface area (Å²) in [6.45, 7) is 4.57. The van der Waals surface area contributed by atoms with E-state index in [2.05, 4.69) is 29.8 Å². The molecule has 4 aliphatic carbocycles. The number of aliphatic hydroxyl groups excluding tert-OH is 1. The predicted octanol–water partition coefficient (Wildman–Crippen LogP) is 3.44. The third kappa shape index (κ3) is 2.10. The molecule has 0 aromatic heterocycles. The zero-order chi connectivity index (χ0) is 16.6. The molecule has 0 aliphatic heterocycles. The van der Waals surface area contributed by atoms with Crippen molar-refractivity contribution in [1.29, 1.82) is 0 Å². The Morgan fingerprint density at radius 1 is 0.913 bits per heavy atom. The van der Waals surface area contributed by atoms with Crippen molar-refractivity contribution >= 4 is 15.9 Å². The molecule has 0 radical (unpaired) electrons. The van der Waals surface area contributed by atoms with E-state index in [4.69, 9.17) is 0 Å². The van der Waals surface area contributed by atoms with Gasteiger partial charge in [0.1, 0.15) is 0 Å². The van der Waals surface area contributed by atoms with Crippen LogP contribution in [0.4, 0.5) is 0 Å². The van der Waals surface area contributed by atoms with Crippen LogP contribution in [-0.2, 0) is 0 Å². The summed E-state index contributed by atoms with van der Waals surface area (Å²) in [5, 5.41) is 31.5. The van der Waals surface area contributed by atoms with E-state index in [9.17, 15) is 15.3 Å². The fourth-order valence-electron chi connectivity index (χ4n) is 7.19. The molecule has 3 nitrogen and oxygen atoms in total. The number of rotatable bonds is 0. The fraction of sp³-hybridized carbons (Fsp3) is 1.00. The summed E-state index contributed by atoms with van der Waals surface area (Å²) in [6, 6.07) is 0. The van der Waals surface area contributed by atoms with E-state index in [0.29, 0.717) is 29.1 Å². The maximum atomic E-state index is 10.7. The molecule has 132 valence electrons. The standard InChI is InChI=1S/C19H31BrO3/c1-17-7-5-12(21)9-11(17)3-4-13-14(17)6-8-18(2)15(13)10-16(20)19(18,22)23/h11-16,21-23H,3-10H2,1-2H3/t11?,12?,13-,14-,15+,16?,17+,18+/m1/s1. The summed E-state index contributed by atoms with van der Waals surface area (Å²) in [7, 11) is 0. The topological polar surface area (TPSA) is 60.7 Å². The summed E-state index contributed by atoms with van der Waals surface area (Å²) in [6.07, 6.45) is 8.29. The van der Waals surface area contributed by atoms with Gasteiger partial charge < -0.3 is 15.3 Å². The average molecular weight is 387 g/mol. The number of halogens is 1. The number of fused-ring (bicyclic) bond motifs is 5. The molecule has 0 aromatic carbocycles. The lowest BCUT2D eigenvalue weighted by molar-refractivity contribution is -0.249. The molecule has 0 heterocycles. The molecule has 0 bridgehead atoms. The molecular formula is C19H31BrO3. The van der Waals surface area contributed by atoms with Gasteiger partial charge >= 0.3 is 0 Å². The first-order valence-corrected chi connectivity index (χ1v) is 10.4. The molecule has 0 aromatic rings. The van der Waals surface area contributed by atoms with Crippen molar-refractivity contribution in [2.24, 2.45) is 34.5 Å². The summed E-state index contributed by atoms with van der Waals surface area (Å²) < 4.78 is 0. The first kappa shape index (κ1) is 16.8. The van der Waals surface area contributed by atoms with Gasteiger partial charge in [-0.3, -0.25) is 0 Å². The summed E-state index contributed by atoms with van der Waals surface area (Å²) >= 11 is 3.56. The van der Waals surface area contributed by atoms with Crippen molar-refractivity contribution in [3.05, 3.63) is 0 Å². The van der Waals surface area contributed by atoms with E-state index in [-0.39, 0.29) is 16.3 Å². The highest BCUT2D eigenvalue weighted by Gasteiger charge is 2.67. The van der Waals surface area contributed by atoms with Crippen molar-refractivity contribution in [2.45, 2.75) is 81.9 Å². The van der Waals surface area contributed by atoms with Crippen LogP contribution in [-0.4, -0.2) is 32.0 Å². The Labute approximate surface area is 148 Å². The van der Waals surface area contributed by atoms with Crippen LogP contribution in [0.15, 0.2) is 0 Å². The van der Waals surface area contributed by atoms with Gasteiger partial charge in [-0.15, -0.1) is 0 Å². The lowest BCUT2D eigenvalue weighted by Gasteiger charge is -2.61. The van der Waals surface area contributed by atoms with Crippen molar-refractivity contribution in [2.75, 3.05) is 0 Å². The minimum absolute atomic E-state index is 0.0978. The SMILES string of the molecule is C[C@]12CCC(O)CC1CC[C@@H]1[C@H]2CC[C@@]2(C)[C@H]1CC(Br)C2(O)O. The molecule has 23 heavy (non-hydrogen) atoms. The molecule has 3 N–H and O–H groups in total. The van der Waals surface area contributed by atoms with E-state index >= 15 is 0 Å². The average Bonchev–Trinajstić information content (AvgIpc) is 2.67. The maximum absolute atomic E-state index is 10.7. The number of hydrogen-bond donors (Lipinski definition) is 3. The van der Waals surface area contributed by atoms with Gasteiger partial charge in [0.25, 0.3) is 0 Å². The van der Waals surface area contributed by atoms with Gasteiger partial charge in [0, 0.05) is 5.41 Å². The van der Waals surface area contributed by atoms with Crippen molar-refractivity contribution in [3.63, 3.8) is 0 Å². The normalized spacial score (nSPS) is 58.2. The molecule has 3 unspecified atom stereocenters. The third-order valence-corrected chi connectivity index (χ3v) is 9.78. The van der Waals surface area contributed by atoms with Gasteiger partial charge in [-0.25, -0.2) is 0 Å². The van der Waals surface area contributed by atoms with Crippen LogP contribution < -0.4 is 0 Å². The minimum atomic E-state index is -1.58. The van der Waals surface area contributed by atoms with E-state index in [0.717, 1.165) is 38.5 Å². The van der Waals surface area contributed by atoms with Crippen LogP contribution in [0.1, 0.15) is 65.2 Å². The Kier molecular flexibility index (Phi) is 3.79. The Hall–Kier alpha value is 0.360. The van der Waals surface area contributed by atoms with E-state index in [1.165, 1.54) is 12.8 Å². The number of alkyl halides is 1. The summed E-state index contributed by atoms with van der Waals surface area (Å²) in [5.74, 6) is 0.798. The maximum Gasteiger partial charge on any atom is 0.181 e. The highest BCUT2D eigenvalue weighted by molar-refractivity contribution is 9.09. The highest BCUT2D eigenvalue weighted by atomic mass is 79.9. The van der Waals surface area contributed by atoms with Crippen LogP contribution in [0.2, 0.25) is 0 Å². The molecule has 8 atom stereocenters. The quantitative estimate of drug-likeness (QED) is 0.441. The Balaban J connectivity index is 1.65. The van der Waals surface area contributed by atoms with Crippen LogP contribution in [0.5, 0.6) is 0 Å². The zero-order valence-electron chi connectivity index (χ0n) is 14.3. The first-order chi connectivity index (χ1) is 10.7. The minimum Gasteiger partial charge on any atom is -0.393 e. The number of hydrogen-bond acceptors (Lipinski definition) is 3. The monoisotopic (exact) mass is 386 g/mol. The van der Waals surface area contributed by atoms with E-state index in [1.54, 1.807) is 0 Å². The van der Waals surface area contributed by atoms with Gasteiger partial charge in [-0.1, -0.05) is 29.8 Å². The van der Waals surface area contributed by atoms with Crippen LogP contribution in [0, 0.1) is 34.5 Å². The van der Waals surface area contributed by atoms with Crippen LogP contribution in [0.25, 0.3) is 0 Å². The molecule has 0 spiro atoms. The smallest absolute Gasteiger partial charge is 0.181 e. The molecule has 0 amide bonds. The molecular weight excluding hydrogens is 356 g/mol. The van der Waals surface area contributed by atoms with Crippen LogP contribution in [0.3, 0.4) is 0 Å². The Morgan fingerprint density at radius 3 is 2.39 bits per heavy atom. The summed E-state index contributed by atoms with van der Waals surface area (Å²) in [5.41, 5.74) is -0.0266. The molecule has 4 rings (SSSR count). The Bertz CT molecular complexity index is 495. The van der Waals surface area contributed by atoms with Crippen molar-refractivity contribution in [3.8, 4) is 0 Å². The van der Waals surface area contributed by atoms with Crippen LogP contribution >= 0.6 is 15.9 Å². The van der Waals surface area contributed by atoms with Gasteiger partial charge in [0.05, 0.1) is 10.9 Å². The number of aliphatic hydroxyl groups is 3. The molecule has 4 aliphatic rings. The Morgan fingerprint density at radius 2 is 1.65 bits per heavy atom. The summed E-state index contributed by atoms with van der Waals surface area (Å²) in [4.78, 5) is -0.206. The van der Waals surface area contributed by atoms with E-state index < -0.39 is 5.79 Å². The molecule has 0 saturated heterocycles. The second-order valence-electron chi connectivity index (χ2n) is 9.47. The van der Waals surface area contributed by atoms with Crippen molar-refractivity contribution < 1.29 is 15.3 Å². The molecule has 4 heteroatoms. The molecule has 4 saturated carbocycles. The highest BCUT2D eigenvalue weighted by Crippen LogP contribution is 2.68. The lowest BCUT2D eigenvalue weighted by Crippen LogP contribution is -2.57. The lowest BCUT2D eigenvalue weighted by atomic mass is 9.45. The van der Waals surface area contributed by atoms with Gasteiger partial charge in [-0.05, 0) is 80.5 Å².